The van der Waals surface area contributed by atoms with Crippen LogP contribution in [-0.4, -0.2) is 109 Å². The summed E-state index contributed by atoms with van der Waals surface area (Å²) in [6.45, 7) is 12.4. The van der Waals surface area contributed by atoms with Gasteiger partial charge in [0.15, 0.2) is 0 Å². The van der Waals surface area contributed by atoms with Crippen molar-refractivity contribution in [1.29, 1.82) is 0 Å². The summed E-state index contributed by atoms with van der Waals surface area (Å²) in [6.07, 6.45) is 5.12. The van der Waals surface area contributed by atoms with Crippen molar-refractivity contribution in [2.24, 2.45) is 11.8 Å². The van der Waals surface area contributed by atoms with E-state index in [1.165, 1.54) is 45.6 Å². The van der Waals surface area contributed by atoms with E-state index in [2.05, 4.69) is 32.3 Å². The fourth-order valence-electron chi connectivity index (χ4n) is 7.23. The zero-order valence-corrected chi connectivity index (χ0v) is 23.6. The number of fused-ring (bicyclic) bond motifs is 1. The van der Waals surface area contributed by atoms with Crippen LogP contribution in [-0.2, 0) is 9.59 Å². The number of carbonyl (C=O) groups excluding carboxylic acids is 4. The summed E-state index contributed by atoms with van der Waals surface area (Å²) in [6, 6.07) is 5.16. The van der Waals surface area contributed by atoms with Gasteiger partial charge in [-0.25, -0.2) is 0 Å². The van der Waals surface area contributed by atoms with Crippen LogP contribution in [0.3, 0.4) is 0 Å². The maximum Gasteiger partial charge on any atom is 0.262 e. The molecule has 5 aliphatic heterocycles. The van der Waals surface area contributed by atoms with Crippen molar-refractivity contribution in [3.8, 4) is 0 Å². The molecule has 4 fully saturated rings. The Labute approximate surface area is 236 Å². The number of nitrogens with zero attached hydrogens (tertiary/aromatic N) is 4. The number of imide groups is 2. The van der Waals surface area contributed by atoms with Crippen LogP contribution in [0.25, 0.3) is 0 Å². The van der Waals surface area contributed by atoms with Gasteiger partial charge in [0, 0.05) is 64.0 Å². The second kappa shape index (κ2) is 11.6. The largest absolute Gasteiger partial charge is 0.371 e. The Morgan fingerprint density at radius 1 is 0.825 bits per heavy atom. The number of piperazine rings is 1. The molecule has 1 unspecified atom stereocenters. The zero-order chi connectivity index (χ0) is 27.8. The van der Waals surface area contributed by atoms with Crippen molar-refractivity contribution in [3.63, 3.8) is 0 Å². The van der Waals surface area contributed by atoms with Crippen LogP contribution in [0.1, 0.15) is 66.2 Å². The summed E-state index contributed by atoms with van der Waals surface area (Å²) in [5.41, 5.74) is 1.64. The standard InChI is InChI=1S/C30H42N6O4/c1-20-17-31-10-15-35(20)19-22-6-11-33(12-7-22)18-21-8-13-34(14-9-21)23-2-3-24-25(16-23)30(40)36(29(24)39)26-4-5-27(37)32-28(26)38/h2-3,16,20-22,26,31H,4-15,17-19H2,1H3,(H,32,37,38)/t20-,26?/m0/s1. The van der Waals surface area contributed by atoms with Crippen LogP contribution in [0.4, 0.5) is 5.69 Å². The van der Waals surface area contributed by atoms with E-state index in [0.29, 0.717) is 23.1 Å². The van der Waals surface area contributed by atoms with Gasteiger partial charge in [-0.2, -0.15) is 0 Å². The lowest BCUT2D eigenvalue weighted by atomic mass is 9.92. The summed E-state index contributed by atoms with van der Waals surface area (Å²) >= 11 is 0. The van der Waals surface area contributed by atoms with Gasteiger partial charge in [-0.1, -0.05) is 0 Å². The van der Waals surface area contributed by atoms with Crippen molar-refractivity contribution in [1.82, 2.24) is 25.3 Å². The van der Waals surface area contributed by atoms with Crippen LogP contribution in [0.5, 0.6) is 0 Å². The molecule has 1 aromatic rings. The van der Waals surface area contributed by atoms with Gasteiger partial charge in [0.05, 0.1) is 11.1 Å². The Hall–Kier alpha value is -2.82. The first kappa shape index (κ1) is 27.4. The minimum Gasteiger partial charge on any atom is -0.371 e. The lowest BCUT2D eigenvalue weighted by Gasteiger charge is -2.41. The number of nitrogens with one attached hydrogen (secondary N) is 2. The molecule has 0 aliphatic carbocycles. The molecule has 0 bridgehead atoms. The molecule has 5 heterocycles. The summed E-state index contributed by atoms with van der Waals surface area (Å²) in [4.78, 5) is 58.8. The van der Waals surface area contributed by atoms with Gasteiger partial charge in [-0.3, -0.25) is 34.3 Å². The SMILES string of the molecule is C[C@H]1CNCCN1CC1CCN(CC2CCN(c3ccc4c(c3)C(=O)N(C3CCC(=O)NC3=O)C4=O)CC2)CC1. The van der Waals surface area contributed by atoms with Gasteiger partial charge in [-0.15, -0.1) is 0 Å². The molecule has 0 aromatic heterocycles. The lowest BCUT2D eigenvalue weighted by molar-refractivity contribution is -0.136. The van der Waals surface area contributed by atoms with E-state index in [1.807, 2.05) is 12.1 Å². The van der Waals surface area contributed by atoms with Crippen LogP contribution in [0.2, 0.25) is 0 Å². The molecule has 40 heavy (non-hydrogen) atoms. The number of amides is 4. The minimum atomic E-state index is -0.931. The van der Waals surface area contributed by atoms with Gasteiger partial charge in [0.1, 0.15) is 6.04 Å². The van der Waals surface area contributed by atoms with E-state index in [1.54, 1.807) is 6.07 Å². The minimum absolute atomic E-state index is 0.123. The second-order valence-electron chi connectivity index (χ2n) is 12.4. The molecule has 0 spiro atoms. The van der Waals surface area contributed by atoms with Gasteiger partial charge in [-0.05, 0) is 82.2 Å². The molecule has 0 saturated carbocycles. The first-order valence-corrected chi connectivity index (χ1v) is 15.1. The fraction of sp³-hybridized carbons (Fsp3) is 0.667. The van der Waals surface area contributed by atoms with E-state index in [4.69, 9.17) is 0 Å². The predicted molar refractivity (Wildman–Crippen MR) is 151 cm³/mol. The Morgan fingerprint density at radius 2 is 1.52 bits per heavy atom. The second-order valence-corrected chi connectivity index (χ2v) is 12.4. The third-order valence-electron chi connectivity index (χ3n) is 9.76. The van der Waals surface area contributed by atoms with Crippen LogP contribution in [0, 0.1) is 11.8 Å². The molecule has 5 aliphatic rings. The fourth-order valence-corrected chi connectivity index (χ4v) is 7.23. The van der Waals surface area contributed by atoms with Crippen LogP contribution >= 0.6 is 0 Å². The van der Waals surface area contributed by atoms with Crippen molar-refractivity contribution >= 4 is 29.3 Å². The normalized spacial score (nSPS) is 27.8. The molecule has 4 amide bonds. The summed E-state index contributed by atoms with van der Waals surface area (Å²) in [5.74, 6) is -0.340. The monoisotopic (exact) mass is 550 g/mol. The Morgan fingerprint density at radius 3 is 2.25 bits per heavy atom. The van der Waals surface area contributed by atoms with Crippen molar-refractivity contribution in [2.45, 2.75) is 57.5 Å². The summed E-state index contributed by atoms with van der Waals surface area (Å²) in [5, 5.41) is 5.74. The molecule has 6 rings (SSSR count). The number of piperidine rings is 3. The number of likely N-dealkylation sites (tertiary alicyclic amines) is 1. The average Bonchev–Trinajstić information content (AvgIpc) is 3.20. The molecule has 0 radical (unpaired) electrons. The molecule has 1 aromatic carbocycles. The number of carbonyl (C=O) groups is 4. The number of hydrogen-bond acceptors (Lipinski definition) is 8. The number of benzene rings is 1. The van der Waals surface area contributed by atoms with Crippen molar-refractivity contribution in [2.75, 3.05) is 63.8 Å². The molecular weight excluding hydrogens is 508 g/mol. The van der Waals surface area contributed by atoms with Crippen LogP contribution < -0.4 is 15.5 Å². The highest BCUT2D eigenvalue weighted by Crippen LogP contribution is 2.32. The Balaban J connectivity index is 0.990. The summed E-state index contributed by atoms with van der Waals surface area (Å²) < 4.78 is 0. The molecule has 4 saturated heterocycles. The average molecular weight is 551 g/mol. The molecule has 10 heteroatoms. The quantitative estimate of drug-likeness (QED) is 0.511. The number of rotatable bonds is 6. The number of anilines is 1. The van der Waals surface area contributed by atoms with Gasteiger partial charge < -0.3 is 15.1 Å². The maximum absolute atomic E-state index is 13.2. The highest BCUT2D eigenvalue weighted by Gasteiger charge is 2.44. The first-order valence-electron chi connectivity index (χ1n) is 15.1. The van der Waals surface area contributed by atoms with Gasteiger partial charge >= 0.3 is 0 Å². The predicted octanol–water partition coefficient (Wildman–Crippen LogP) is 1.31. The van der Waals surface area contributed by atoms with Gasteiger partial charge in [0.2, 0.25) is 11.8 Å². The lowest BCUT2D eigenvalue weighted by Crippen LogP contribution is -2.54. The topological polar surface area (TPSA) is 105 Å². The van der Waals surface area contributed by atoms with Gasteiger partial charge in [0.25, 0.3) is 11.8 Å². The smallest absolute Gasteiger partial charge is 0.262 e. The first-order chi connectivity index (χ1) is 19.4. The third kappa shape index (κ3) is 5.53. The number of hydrogen-bond donors (Lipinski definition) is 2. The molecule has 2 N–H and O–H groups in total. The van der Waals surface area contributed by atoms with E-state index in [9.17, 15) is 19.2 Å². The maximum atomic E-state index is 13.2. The van der Waals surface area contributed by atoms with Crippen molar-refractivity contribution < 1.29 is 19.2 Å². The van der Waals surface area contributed by atoms with Crippen molar-refractivity contribution in [3.05, 3.63) is 29.3 Å². The molecule has 216 valence electrons. The summed E-state index contributed by atoms with van der Waals surface area (Å²) in [7, 11) is 0. The van der Waals surface area contributed by atoms with E-state index in [0.717, 1.165) is 55.5 Å². The van der Waals surface area contributed by atoms with Crippen LogP contribution in [0.15, 0.2) is 18.2 Å². The zero-order valence-electron chi connectivity index (χ0n) is 23.6. The molecule has 2 atom stereocenters. The molecule has 10 nitrogen and oxygen atoms in total. The third-order valence-corrected chi connectivity index (χ3v) is 9.76. The van der Waals surface area contributed by atoms with E-state index < -0.39 is 23.8 Å². The Kier molecular flexibility index (Phi) is 7.92. The molecular formula is C30H42N6O4. The highest BCUT2D eigenvalue weighted by molar-refractivity contribution is 6.23. The Bertz CT molecular complexity index is 1160. The van der Waals surface area contributed by atoms with E-state index >= 15 is 0 Å². The highest BCUT2D eigenvalue weighted by atomic mass is 16.2. The van der Waals surface area contributed by atoms with E-state index in [-0.39, 0.29) is 18.7 Å².